The Morgan fingerprint density at radius 3 is 2.09 bits per heavy atom. The summed E-state index contributed by atoms with van der Waals surface area (Å²) < 4.78 is 31.6. The lowest BCUT2D eigenvalue weighted by atomic mass is 10.1. The van der Waals surface area contributed by atoms with Crippen LogP contribution in [0.4, 0.5) is 0 Å². The van der Waals surface area contributed by atoms with E-state index in [0.717, 1.165) is 0 Å². The van der Waals surface area contributed by atoms with Crippen molar-refractivity contribution in [3.63, 3.8) is 0 Å². The number of hydrogen-bond donors (Lipinski definition) is 0. The van der Waals surface area contributed by atoms with Gasteiger partial charge >= 0.3 is 5.97 Å². The number of benzene rings is 1. The molecule has 0 radical (unpaired) electrons. The van der Waals surface area contributed by atoms with E-state index in [1.807, 2.05) is 0 Å². The third kappa shape index (κ3) is 10.8. The molecule has 176 valence electrons. The van der Waals surface area contributed by atoms with Crippen LogP contribution >= 0.6 is 11.3 Å². The van der Waals surface area contributed by atoms with Gasteiger partial charge in [-0.3, -0.25) is 9.59 Å². The predicted octanol–water partition coefficient (Wildman–Crippen LogP) is 2.38. The Hall–Kier alpha value is -2.37. The fraction of sp³-hybridized carbons (Fsp3) is 0.500. The van der Waals surface area contributed by atoms with Crippen LogP contribution in [-0.4, -0.2) is 83.3 Å². The maximum absolute atomic E-state index is 12.3. The molecule has 0 atom stereocenters. The molecule has 1 heterocycles. The molecule has 0 bridgehead atoms. The van der Waals surface area contributed by atoms with Crippen LogP contribution in [0.3, 0.4) is 0 Å². The summed E-state index contributed by atoms with van der Waals surface area (Å²) in [6.07, 6.45) is 0.240. The van der Waals surface area contributed by atoms with Gasteiger partial charge in [0.15, 0.2) is 0 Å². The normalized spacial score (nSPS) is 10.8. The van der Waals surface area contributed by atoms with Crippen LogP contribution < -0.4 is 4.74 Å². The summed E-state index contributed by atoms with van der Waals surface area (Å²) in [5.41, 5.74) is 2.61. The van der Waals surface area contributed by atoms with E-state index in [9.17, 15) is 9.59 Å². The molecule has 0 aliphatic rings. The van der Waals surface area contributed by atoms with Gasteiger partial charge in [-0.15, -0.1) is 11.3 Å². The highest BCUT2D eigenvalue weighted by molar-refractivity contribution is 7.07. The smallest absolute Gasteiger partial charge is 0.307 e. The molecule has 32 heavy (non-hydrogen) atoms. The molecule has 0 saturated carbocycles. The summed E-state index contributed by atoms with van der Waals surface area (Å²) in [6, 6.07) is 7.02. The number of thiazole rings is 1. The van der Waals surface area contributed by atoms with Gasteiger partial charge in [0.05, 0.1) is 71.9 Å². The average molecular weight is 468 g/mol. The average Bonchev–Trinajstić information content (AvgIpc) is 3.36. The Morgan fingerprint density at radius 1 is 0.875 bits per heavy atom. The van der Waals surface area contributed by atoms with Gasteiger partial charge in [0.25, 0.3) is 0 Å². The number of carbonyl (C=O) groups is 2. The molecule has 0 N–H and O–H groups in total. The zero-order chi connectivity index (χ0) is 22.9. The predicted molar refractivity (Wildman–Crippen MR) is 117 cm³/mol. The van der Waals surface area contributed by atoms with Gasteiger partial charge in [0.1, 0.15) is 18.1 Å². The van der Waals surface area contributed by atoms with Crippen molar-refractivity contribution in [1.29, 1.82) is 0 Å². The highest BCUT2D eigenvalue weighted by Gasteiger charge is 2.11. The molecule has 0 unspecified atom stereocenters. The standard InChI is InChI=1S/C22H29NO8S/c1-26-21(24)5-6-27-7-8-28-9-10-29-11-12-30-13-14-31-19-4-2-3-18(15-19)22(25)20-16-32-17-23-20/h2-4,15-17H,5-14H2,1H3. The van der Waals surface area contributed by atoms with Gasteiger partial charge < -0.3 is 28.4 Å². The van der Waals surface area contributed by atoms with Gasteiger partial charge in [0, 0.05) is 10.9 Å². The summed E-state index contributed by atoms with van der Waals surface area (Å²) in [5, 5.41) is 1.72. The molecule has 2 aromatic rings. The molecule has 0 aliphatic carbocycles. The van der Waals surface area contributed by atoms with Crippen LogP contribution in [-0.2, 0) is 28.5 Å². The molecule has 0 amide bonds. The summed E-state index contributed by atoms with van der Waals surface area (Å²) >= 11 is 1.39. The number of esters is 1. The van der Waals surface area contributed by atoms with Gasteiger partial charge in [0.2, 0.25) is 5.78 Å². The molecule has 1 aromatic carbocycles. The van der Waals surface area contributed by atoms with Crippen molar-refractivity contribution in [2.75, 3.05) is 66.6 Å². The lowest BCUT2D eigenvalue weighted by Gasteiger charge is -2.09. The number of ether oxygens (including phenoxy) is 6. The fourth-order valence-electron chi connectivity index (χ4n) is 2.44. The number of rotatable bonds is 18. The van der Waals surface area contributed by atoms with E-state index < -0.39 is 0 Å². The SMILES string of the molecule is COC(=O)CCOCCOCCOCCOCCOc1cccc(C(=O)c2cscn2)c1. The Balaban J connectivity index is 1.41. The van der Waals surface area contributed by atoms with Gasteiger partial charge in [-0.25, -0.2) is 4.98 Å². The molecule has 0 spiro atoms. The summed E-state index contributed by atoms with van der Waals surface area (Å²) in [4.78, 5) is 27.2. The van der Waals surface area contributed by atoms with Crippen LogP contribution in [0.2, 0.25) is 0 Å². The van der Waals surface area contributed by atoms with E-state index in [1.54, 1.807) is 35.2 Å². The summed E-state index contributed by atoms with van der Waals surface area (Å²) in [5.74, 6) is 0.193. The largest absolute Gasteiger partial charge is 0.491 e. The van der Waals surface area contributed by atoms with E-state index >= 15 is 0 Å². The highest BCUT2D eigenvalue weighted by atomic mass is 32.1. The molecule has 10 heteroatoms. The highest BCUT2D eigenvalue weighted by Crippen LogP contribution is 2.16. The number of aromatic nitrogens is 1. The third-order valence-corrected chi connectivity index (χ3v) is 4.64. The van der Waals surface area contributed by atoms with Crippen LogP contribution in [0, 0.1) is 0 Å². The van der Waals surface area contributed by atoms with Crippen molar-refractivity contribution in [3.05, 3.63) is 46.4 Å². The first kappa shape index (κ1) is 25.9. The third-order valence-electron chi connectivity index (χ3n) is 4.05. The monoisotopic (exact) mass is 467 g/mol. The Morgan fingerprint density at radius 2 is 1.50 bits per heavy atom. The van der Waals surface area contributed by atoms with E-state index in [0.29, 0.717) is 76.5 Å². The van der Waals surface area contributed by atoms with E-state index in [-0.39, 0.29) is 18.2 Å². The molecular weight excluding hydrogens is 438 g/mol. The molecule has 0 saturated heterocycles. The first-order chi connectivity index (χ1) is 15.7. The number of carbonyl (C=O) groups excluding carboxylic acids is 2. The second-order valence-electron chi connectivity index (χ2n) is 6.35. The minimum absolute atomic E-state index is 0.125. The number of ketones is 1. The fourth-order valence-corrected chi connectivity index (χ4v) is 2.97. The maximum Gasteiger partial charge on any atom is 0.307 e. The lowest BCUT2D eigenvalue weighted by molar-refractivity contribution is -0.141. The van der Waals surface area contributed by atoms with Crippen molar-refractivity contribution in [3.8, 4) is 5.75 Å². The number of nitrogens with zero attached hydrogens (tertiary/aromatic N) is 1. The van der Waals surface area contributed by atoms with E-state index in [4.69, 9.17) is 23.7 Å². The lowest BCUT2D eigenvalue weighted by Crippen LogP contribution is -2.14. The van der Waals surface area contributed by atoms with Crippen molar-refractivity contribution < 1.29 is 38.0 Å². The molecule has 0 aliphatic heterocycles. The summed E-state index contributed by atoms with van der Waals surface area (Å²) in [6.45, 7) is 3.78. The molecule has 2 rings (SSSR count). The zero-order valence-electron chi connectivity index (χ0n) is 18.2. The first-order valence-electron chi connectivity index (χ1n) is 10.2. The molecule has 9 nitrogen and oxygen atoms in total. The second-order valence-corrected chi connectivity index (χ2v) is 7.07. The topological polar surface area (TPSA) is 102 Å². The summed E-state index contributed by atoms with van der Waals surface area (Å²) in [7, 11) is 1.35. The van der Waals surface area contributed by atoms with Crippen molar-refractivity contribution >= 4 is 23.1 Å². The van der Waals surface area contributed by atoms with Crippen molar-refractivity contribution in [2.45, 2.75) is 6.42 Å². The minimum Gasteiger partial charge on any atom is -0.491 e. The van der Waals surface area contributed by atoms with Crippen LogP contribution in [0.5, 0.6) is 5.75 Å². The van der Waals surface area contributed by atoms with Gasteiger partial charge in [-0.2, -0.15) is 0 Å². The molecular formula is C22H29NO8S. The maximum atomic E-state index is 12.3. The number of methoxy groups -OCH3 is 1. The Kier molecular flexibility index (Phi) is 13.2. The molecule has 1 aromatic heterocycles. The van der Waals surface area contributed by atoms with Crippen molar-refractivity contribution in [1.82, 2.24) is 4.98 Å². The van der Waals surface area contributed by atoms with E-state index in [1.165, 1.54) is 18.4 Å². The minimum atomic E-state index is -0.290. The Labute approximate surface area is 191 Å². The number of hydrogen-bond acceptors (Lipinski definition) is 10. The van der Waals surface area contributed by atoms with Crippen LogP contribution in [0.25, 0.3) is 0 Å². The second kappa shape index (κ2) is 16.3. The van der Waals surface area contributed by atoms with E-state index in [2.05, 4.69) is 9.72 Å². The van der Waals surface area contributed by atoms with Crippen molar-refractivity contribution in [2.24, 2.45) is 0 Å². The van der Waals surface area contributed by atoms with Crippen LogP contribution in [0.1, 0.15) is 22.5 Å². The Bertz CT molecular complexity index is 784. The van der Waals surface area contributed by atoms with Gasteiger partial charge in [-0.05, 0) is 12.1 Å². The molecule has 0 fully saturated rings. The van der Waals surface area contributed by atoms with Gasteiger partial charge in [-0.1, -0.05) is 12.1 Å². The first-order valence-corrected chi connectivity index (χ1v) is 11.2. The van der Waals surface area contributed by atoms with Crippen LogP contribution in [0.15, 0.2) is 35.2 Å². The zero-order valence-corrected chi connectivity index (χ0v) is 19.0. The quantitative estimate of drug-likeness (QED) is 0.186.